The van der Waals surface area contributed by atoms with E-state index in [1.165, 1.54) is 0 Å². The summed E-state index contributed by atoms with van der Waals surface area (Å²) in [6, 6.07) is 3.99. The number of rotatable bonds is 5. The number of aromatic nitrogens is 3. The Hall–Kier alpha value is -2.62. The van der Waals surface area contributed by atoms with Crippen molar-refractivity contribution >= 4 is 22.9 Å². The molecule has 0 aliphatic heterocycles. The van der Waals surface area contributed by atoms with E-state index in [1.54, 1.807) is 7.05 Å². The van der Waals surface area contributed by atoms with Gasteiger partial charge in [0.2, 0.25) is 0 Å². The summed E-state index contributed by atoms with van der Waals surface area (Å²) in [6.45, 7) is 2.78. The van der Waals surface area contributed by atoms with Gasteiger partial charge in [0.05, 0.1) is 12.2 Å². The van der Waals surface area contributed by atoms with Crippen LogP contribution in [0.4, 0.5) is 13.2 Å². The van der Waals surface area contributed by atoms with Crippen molar-refractivity contribution in [3.8, 4) is 0 Å². The van der Waals surface area contributed by atoms with Crippen LogP contribution in [0.2, 0.25) is 0 Å². The minimum Gasteiger partial charge on any atom is -0.356 e. The van der Waals surface area contributed by atoms with E-state index in [0.29, 0.717) is 23.9 Å². The number of fused-ring (bicyclic) bond motifs is 1. The molecule has 6 nitrogen and oxygen atoms in total. The molecule has 3 aromatic rings. The first-order valence-corrected chi connectivity index (χ1v) is 9.14. The number of nitrogens with one attached hydrogen (secondary N) is 2. The molecule has 0 aliphatic carbocycles. The van der Waals surface area contributed by atoms with E-state index in [-0.39, 0.29) is 6.54 Å². The van der Waals surface area contributed by atoms with Crippen molar-refractivity contribution in [2.75, 3.05) is 13.6 Å². The number of guanidine groups is 1. The molecule has 0 spiro atoms. The van der Waals surface area contributed by atoms with Crippen molar-refractivity contribution in [2.45, 2.75) is 26.1 Å². The molecule has 0 radical (unpaired) electrons. The van der Waals surface area contributed by atoms with Gasteiger partial charge < -0.3 is 15.0 Å². The zero-order valence-corrected chi connectivity index (χ0v) is 15.7. The fourth-order valence-corrected chi connectivity index (χ4v) is 3.28. The predicted molar refractivity (Wildman–Crippen MR) is 99.0 cm³/mol. The number of pyridine rings is 1. The van der Waals surface area contributed by atoms with Crippen LogP contribution in [0.25, 0.3) is 5.65 Å². The summed E-state index contributed by atoms with van der Waals surface area (Å²) >= 11 is 0.964. The van der Waals surface area contributed by atoms with Crippen LogP contribution in [0.5, 0.6) is 0 Å². The molecule has 3 aromatic heterocycles. The molecule has 0 aromatic carbocycles. The summed E-state index contributed by atoms with van der Waals surface area (Å²) in [4.78, 5) is 12.3. The molecule has 0 aliphatic rings. The largest absolute Gasteiger partial charge is 0.434 e. The standard InChI is InChI=1S/C17H19F3N6S/c1-11-4-3-7-26-9-12(24-15(11)26)5-6-22-16(21-2)23-8-14-25-13(10-27-14)17(18,19)20/h3-4,7,9-10H,5-6,8H2,1-2H3,(H2,21,22,23). The van der Waals surface area contributed by atoms with E-state index in [2.05, 4.69) is 25.6 Å². The van der Waals surface area contributed by atoms with Gasteiger partial charge in [-0.15, -0.1) is 11.3 Å². The van der Waals surface area contributed by atoms with Crippen LogP contribution in [-0.4, -0.2) is 33.9 Å². The zero-order valence-electron chi connectivity index (χ0n) is 14.8. The Balaban J connectivity index is 1.50. The highest BCUT2D eigenvalue weighted by atomic mass is 32.1. The van der Waals surface area contributed by atoms with Crippen molar-refractivity contribution in [1.29, 1.82) is 0 Å². The van der Waals surface area contributed by atoms with E-state index >= 15 is 0 Å². The number of hydrogen-bond donors (Lipinski definition) is 2. The van der Waals surface area contributed by atoms with Gasteiger partial charge in [-0.25, -0.2) is 9.97 Å². The van der Waals surface area contributed by atoms with Crippen LogP contribution in [0.3, 0.4) is 0 Å². The Bertz CT molecular complexity index is 944. The van der Waals surface area contributed by atoms with Gasteiger partial charge >= 0.3 is 6.18 Å². The molecule has 144 valence electrons. The average molecular weight is 396 g/mol. The van der Waals surface area contributed by atoms with Crippen LogP contribution >= 0.6 is 11.3 Å². The van der Waals surface area contributed by atoms with E-state index in [1.807, 2.05) is 35.9 Å². The predicted octanol–water partition coefficient (Wildman–Crippen LogP) is 3.03. The maximum absolute atomic E-state index is 12.6. The minimum absolute atomic E-state index is 0.175. The van der Waals surface area contributed by atoms with Crippen LogP contribution in [0.15, 0.2) is 34.9 Å². The molecule has 2 N–H and O–H groups in total. The van der Waals surface area contributed by atoms with E-state index in [9.17, 15) is 13.2 Å². The lowest BCUT2D eigenvalue weighted by atomic mass is 10.3. The lowest BCUT2D eigenvalue weighted by Crippen LogP contribution is -2.37. The summed E-state index contributed by atoms with van der Waals surface area (Å²) in [5.74, 6) is 0.499. The lowest BCUT2D eigenvalue weighted by molar-refractivity contribution is -0.140. The maximum Gasteiger partial charge on any atom is 0.434 e. The summed E-state index contributed by atoms with van der Waals surface area (Å²) < 4.78 is 39.7. The van der Waals surface area contributed by atoms with Gasteiger partial charge in [-0.05, 0) is 18.6 Å². The first kappa shape index (κ1) is 19.2. The van der Waals surface area contributed by atoms with Gasteiger partial charge in [-0.3, -0.25) is 4.99 Å². The molecular weight excluding hydrogens is 377 g/mol. The molecule has 0 saturated carbocycles. The van der Waals surface area contributed by atoms with Crippen LogP contribution in [-0.2, 0) is 19.1 Å². The highest BCUT2D eigenvalue weighted by Gasteiger charge is 2.33. The van der Waals surface area contributed by atoms with Crippen molar-refractivity contribution in [1.82, 2.24) is 25.0 Å². The van der Waals surface area contributed by atoms with Crippen molar-refractivity contribution in [3.63, 3.8) is 0 Å². The number of alkyl halides is 3. The topological polar surface area (TPSA) is 66.6 Å². The quantitative estimate of drug-likeness (QED) is 0.514. The Labute approximate surface area is 158 Å². The van der Waals surface area contributed by atoms with Crippen molar-refractivity contribution < 1.29 is 13.2 Å². The Kier molecular flexibility index (Phi) is 5.64. The summed E-state index contributed by atoms with van der Waals surface area (Å²) in [5, 5.41) is 7.46. The first-order chi connectivity index (χ1) is 12.9. The zero-order chi connectivity index (χ0) is 19.4. The number of imidazole rings is 1. The molecule has 0 atom stereocenters. The van der Waals surface area contributed by atoms with Gasteiger partial charge in [0.1, 0.15) is 10.7 Å². The van der Waals surface area contributed by atoms with Gasteiger partial charge in [-0.1, -0.05) is 6.07 Å². The molecule has 10 heteroatoms. The number of hydrogen-bond acceptors (Lipinski definition) is 4. The highest BCUT2D eigenvalue weighted by molar-refractivity contribution is 7.09. The van der Waals surface area contributed by atoms with Crippen LogP contribution in [0.1, 0.15) is 22.0 Å². The summed E-state index contributed by atoms with van der Waals surface area (Å²) in [5.41, 5.74) is 2.12. The van der Waals surface area contributed by atoms with E-state index < -0.39 is 11.9 Å². The second-order valence-electron chi connectivity index (χ2n) is 5.88. The summed E-state index contributed by atoms with van der Waals surface area (Å²) in [6.07, 6.45) is 0.211. The van der Waals surface area contributed by atoms with E-state index in [0.717, 1.165) is 33.6 Å². The minimum atomic E-state index is -4.42. The SMILES string of the molecule is CN=C(NCCc1cn2cccc(C)c2n1)NCc1nc(C(F)(F)F)cs1. The number of aliphatic imine (C=N–C) groups is 1. The Morgan fingerprint density at radius 2 is 2.11 bits per heavy atom. The summed E-state index contributed by atoms with van der Waals surface area (Å²) in [7, 11) is 1.60. The monoisotopic (exact) mass is 396 g/mol. The molecule has 3 rings (SSSR count). The second-order valence-corrected chi connectivity index (χ2v) is 6.82. The molecule has 27 heavy (non-hydrogen) atoms. The number of aryl methyl sites for hydroxylation is 1. The molecule has 0 amide bonds. The molecular formula is C17H19F3N6S. The number of nitrogens with zero attached hydrogens (tertiary/aromatic N) is 4. The third-order valence-electron chi connectivity index (χ3n) is 3.87. The lowest BCUT2D eigenvalue weighted by Gasteiger charge is -2.10. The van der Waals surface area contributed by atoms with Gasteiger partial charge in [0, 0.05) is 37.8 Å². The normalized spacial score (nSPS) is 12.6. The highest BCUT2D eigenvalue weighted by Crippen LogP contribution is 2.29. The fraction of sp³-hybridized carbons (Fsp3) is 0.353. The molecule has 0 saturated heterocycles. The van der Waals surface area contributed by atoms with Gasteiger partial charge in [0.15, 0.2) is 11.7 Å². The van der Waals surface area contributed by atoms with Gasteiger partial charge in [-0.2, -0.15) is 13.2 Å². The third-order valence-corrected chi connectivity index (χ3v) is 4.72. The maximum atomic E-state index is 12.6. The molecule has 0 bridgehead atoms. The van der Waals surface area contributed by atoms with Crippen LogP contribution in [0, 0.1) is 6.92 Å². The van der Waals surface area contributed by atoms with Gasteiger partial charge in [0.25, 0.3) is 0 Å². The molecule has 0 fully saturated rings. The third kappa shape index (κ3) is 4.76. The number of halogens is 3. The smallest absolute Gasteiger partial charge is 0.356 e. The van der Waals surface area contributed by atoms with E-state index in [4.69, 9.17) is 0 Å². The first-order valence-electron chi connectivity index (χ1n) is 8.26. The Morgan fingerprint density at radius 1 is 1.30 bits per heavy atom. The van der Waals surface area contributed by atoms with Crippen molar-refractivity contribution in [2.24, 2.45) is 4.99 Å². The van der Waals surface area contributed by atoms with Crippen molar-refractivity contribution in [3.05, 3.63) is 51.9 Å². The molecule has 0 unspecified atom stereocenters. The number of thiazole rings is 1. The van der Waals surface area contributed by atoms with Crippen LogP contribution < -0.4 is 10.6 Å². The fourth-order valence-electron chi connectivity index (χ4n) is 2.54. The Morgan fingerprint density at radius 3 is 2.78 bits per heavy atom. The average Bonchev–Trinajstić information content (AvgIpc) is 3.25. The second kappa shape index (κ2) is 7.95. The molecule has 3 heterocycles.